The van der Waals surface area contributed by atoms with E-state index in [9.17, 15) is 9.18 Å². The van der Waals surface area contributed by atoms with Gasteiger partial charge in [-0.05, 0) is 55.0 Å². The van der Waals surface area contributed by atoms with Gasteiger partial charge < -0.3 is 15.8 Å². The van der Waals surface area contributed by atoms with E-state index in [1.54, 1.807) is 43.3 Å². The number of carbonyl (C=O) groups is 1. The molecule has 7 heteroatoms. The fourth-order valence-electron chi connectivity index (χ4n) is 2.44. The van der Waals surface area contributed by atoms with Crippen molar-refractivity contribution in [2.45, 2.75) is 6.92 Å². The zero-order valence-corrected chi connectivity index (χ0v) is 14.5. The topological polar surface area (TPSA) is 101 Å². The number of hydrogen-bond acceptors (Lipinski definition) is 4. The van der Waals surface area contributed by atoms with Crippen LogP contribution >= 0.6 is 0 Å². The quantitative estimate of drug-likeness (QED) is 0.473. The van der Waals surface area contributed by atoms with E-state index in [0.717, 1.165) is 0 Å². The molecule has 0 spiro atoms. The summed E-state index contributed by atoms with van der Waals surface area (Å²) < 4.78 is 19.0. The Morgan fingerprint density at radius 2 is 2.00 bits per heavy atom. The largest absolute Gasteiger partial charge is 0.438 e. The van der Waals surface area contributed by atoms with E-state index >= 15 is 0 Å². The van der Waals surface area contributed by atoms with Crippen LogP contribution in [0.4, 0.5) is 10.1 Å². The standard InChI is InChI=1S/C20H17FN4O2/c1-12-10-14(21)7-8-17(12)27-20-16(6-3-9-24-20)19(26)25-15-5-2-4-13(11-15)18(22)23/h2-11H,1H3,(H3,22,23)(H,25,26). The fourth-order valence-corrected chi connectivity index (χ4v) is 2.44. The maximum atomic E-state index is 13.3. The summed E-state index contributed by atoms with van der Waals surface area (Å²) in [5.74, 6) is -0.388. The summed E-state index contributed by atoms with van der Waals surface area (Å²) >= 11 is 0. The molecule has 0 radical (unpaired) electrons. The van der Waals surface area contributed by atoms with E-state index < -0.39 is 5.91 Å². The molecule has 4 N–H and O–H groups in total. The Labute approximate surface area is 155 Å². The monoisotopic (exact) mass is 364 g/mol. The second kappa shape index (κ2) is 7.65. The Morgan fingerprint density at radius 1 is 1.19 bits per heavy atom. The number of benzene rings is 2. The van der Waals surface area contributed by atoms with Crippen LogP contribution < -0.4 is 15.8 Å². The molecule has 6 nitrogen and oxygen atoms in total. The summed E-state index contributed by atoms with van der Waals surface area (Å²) in [6.07, 6.45) is 1.50. The molecular weight excluding hydrogens is 347 g/mol. The lowest BCUT2D eigenvalue weighted by molar-refractivity contribution is 0.102. The average Bonchev–Trinajstić information content (AvgIpc) is 2.64. The van der Waals surface area contributed by atoms with Crippen LogP contribution in [0.15, 0.2) is 60.8 Å². The van der Waals surface area contributed by atoms with Crippen molar-refractivity contribution in [2.75, 3.05) is 5.32 Å². The highest BCUT2D eigenvalue weighted by Crippen LogP contribution is 2.27. The van der Waals surface area contributed by atoms with Crippen molar-refractivity contribution in [3.63, 3.8) is 0 Å². The number of amides is 1. The lowest BCUT2D eigenvalue weighted by Crippen LogP contribution is -2.15. The van der Waals surface area contributed by atoms with Crippen molar-refractivity contribution in [1.82, 2.24) is 4.98 Å². The molecule has 136 valence electrons. The zero-order chi connectivity index (χ0) is 19.4. The lowest BCUT2D eigenvalue weighted by Gasteiger charge is -2.12. The van der Waals surface area contributed by atoms with Crippen molar-refractivity contribution in [1.29, 1.82) is 5.41 Å². The molecule has 2 aromatic carbocycles. The van der Waals surface area contributed by atoms with Gasteiger partial charge in [-0.2, -0.15) is 0 Å². The molecule has 0 aliphatic rings. The number of carbonyl (C=O) groups excluding carboxylic acids is 1. The molecule has 27 heavy (non-hydrogen) atoms. The maximum absolute atomic E-state index is 13.3. The smallest absolute Gasteiger partial charge is 0.261 e. The number of hydrogen-bond donors (Lipinski definition) is 3. The average molecular weight is 364 g/mol. The molecule has 0 saturated carbocycles. The summed E-state index contributed by atoms with van der Waals surface area (Å²) in [6.45, 7) is 1.70. The van der Waals surface area contributed by atoms with Crippen molar-refractivity contribution < 1.29 is 13.9 Å². The van der Waals surface area contributed by atoms with Gasteiger partial charge in [0.15, 0.2) is 0 Å². The summed E-state index contributed by atoms with van der Waals surface area (Å²) in [4.78, 5) is 16.8. The third-order valence-corrected chi connectivity index (χ3v) is 3.79. The van der Waals surface area contributed by atoms with E-state index in [0.29, 0.717) is 22.6 Å². The van der Waals surface area contributed by atoms with Gasteiger partial charge in [-0.1, -0.05) is 12.1 Å². The molecule has 0 fully saturated rings. The van der Waals surface area contributed by atoms with Crippen LogP contribution in [0, 0.1) is 18.2 Å². The Morgan fingerprint density at radius 3 is 2.74 bits per heavy atom. The van der Waals surface area contributed by atoms with Crippen molar-refractivity contribution in [2.24, 2.45) is 5.73 Å². The Kier molecular flexibility index (Phi) is 5.12. The molecule has 1 amide bonds. The highest BCUT2D eigenvalue weighted by Gasteiger charge is 2.16. The number of nitrogens with zero attached hydrogens (tertiary/aromatic N) is 1. The molecule has 0 aliphatic heterocycles. The van der Waals surface area contributed by atoms with Crippen LogP contribution in [-0.2, 0) is 0 Å². The first kappa shape index (κ1) is 18.1. The molecule has 1 heterocycles. The Bertz CT molecular complexity index is 1020. The van der Waals surface area contributed by atoms with Gasteiger partial charge >= 0.3 is 0 Å². The number of nitrogen functional groups attached to an aromatic ring is 1. The van der Waals surface area contributed by atoms with E-state index in [4.69, 9.17) is 15.9 Å². The van der Waals surface area contributed by atoms with E-state index in [-0.39, 0.29) is 23.1 Å². The fraction of sp³-hybridized carbons (Fsp3) is 0.0500. The van der Waals surface area contributed by atoms with Gasteiger partial charge in [-0.25, -0.2) is 9.37 Å². The summed E-state index contributed by atoms with van der Waals surface area (Å²) in [6, 6.07) is 13.9. The van der Waals surface area contributed by atoms with E-state index in [1.165, 1.54) is 24.4 Å². The number of halogens is 1. The minimum absolute atomic E-state index is 0.0942. The van der Waals surface area contributed by atoms with Crippen molar-refractivity contribution >= 4 is 17.4 Å². The highest BCUT2D eigenvalue weighted by molar-refractivity contribution is 6.06. The van der Waals surface area contributed by atoms with Gasteiger partial charge in [0.2, 0.25) is 5.88 Å². The SMILES string of the molecule is Cc1cc(F)ccc1Oc1ncccc1C(=O)Nc1cccc(C(=N)N)c1. The molecule has 0 unspecified atom stereocenters. The highest BCUT2D eigenvalue weighted by atomic mass is 19.1. The Balaban J connectivity index is 1.86. The maximum Gasteiger partial charge on any atom is 0.261 e. The number of aromatic nitrogens is 1. The van der Waals surface area contributed by atoms with Crippen LogP contribution in [0.25, 0.3) is 0 Å². The van der Waals surface area contributed by atoms with Gasteiger partial charge in [0.1, 0.15) is 23.0 Å². The van der Waals surface area contributed by atoms with Gasteiger partial charge in [-0.3, -0.25) is 10.2 Å². The molecule has 3 aromatic rings. The molecule has 0 atom stereocenters. The van der Waals surface area contributed by atoms with Gasteiger partial charge in [0.05, 0.1) is 0 Å². The molecule has 1 aromatic heterocycles. The molecule has 0 aliphatic carbocycles. The lowest BCUT2D eigenvalue weighted by atomic mass is 10.1. The van der Waals surface area contributed by atoms with Crippen molar-refractivity contribution in [3.05, 3.63) is 83.3 Å². The van der Waals surface area contributed by atoms with E-state index in [1.807, 2.05) is 0 Å². The minimum Gasteiger partial charge on any atom is -0.438 e. The third kappa shape index (κ3) is 4.27. The number of rotatable bonds is 5. The second-order valence-corrected chi connectivity index (χ2v) is 5.82. The van der Waals surface area contributed by atoms with Gasteiger partial charge in [0.25, 0.3) is 5.91 Å². The van der Waals surface area contributed by atoms with Crippen LogP contribution in [0.1, 0.15) is 21.5 Å². The van der Waals surface area contributed by atoms with Gasteiger partial charge in [-0.15, -0.1) is 0 Å². The Hall–Kier alpha value is -3.74. The molecule has 3 rings (SSSR count). The number of nitrogens with one attached hydrogen (secondary N) is 2. The van der Waals surface area contributed by atoms with Crippen molar-refractivity contribution in [3.8, 4) is 11.6 Å². The number of anilines is 1. The van der Waals surface area contributed by atoms with Crippen LogP contribution in [0.3, 0.4) is 0 Å². The number of pyridine rings is 1. The molecule has 0 saturated heterocycles. The van der Waals surface area contributed by atoms with Crippen LogP contribution in [0.2, 0.25) is 0 Å². The number of amidine groups is 1. The first-order valence-electron chi connectivity index (χ1n) is 8.09. The molecular formula is C20H17FN4O2. The predicted octanol–water partition coefficient (Wildman–Crippen LogP) is 3.86. The number of ether oxygens (including phenoxy) is 1. The predicted molar refractivity (Wildman–Crippen MR) is 101 cm³/mol. The van der Waals surface area contributed by atoms with E-state index in [2.05, 4.69) is 10.3 Å². The summed E-state index contributed by atoms with van der Waals surface area (Å²) in [5, 5.41) is 10.2. The number of aryl methyl sites for hydroxylation is 1. The third-order valence-electron chi connectivity index (χ3n) is 3.79. The zero-order valence-electron chi connectivity index (χ0n) is 14.5. The first-order valence-corrected chi connectivity index (χ1v) is 8.09. The summed E-state index contributed by atoms with van der Waals surface area (Å²) in [5.41, 5.74) is 7.26. The first-order chi connectivity index (χ1) is 12.9. The van der Waals surface area contributed by atoms with Crippen LogP contribution in [-0.4, -0.2) is 16.7 Å². The normalized spacial score (nSPS) is 10.3. The van der Waals surface area contributed by atoms with Crippen LogP contribution in [0.5, 0.6) is 11.6 Å². The van der Waals surface area contributed by atoms with Gasteiger partial charge in [0, 0.05) is 17.4 Å². The second-order valence-electron chi connectivity index (χ2n) is 5.82. The minimum atomic E-state index is -0.432. The number of nitrogens with two attached hydrogens (primary N) is 1. The molecule has 0 bridgehead atoms. The summed E-state index contributed by atoms with van der Waals surface area (Å²) in [7, 11) is 0.